The number of fused-ring (bicyclic) bond motifs is 1. The molecule has 192 valence electrons. The van der Waals surface area contributed by atoms with Crippen molar-refractivity contribution in [2.45, 2.75) is 92.0 Å². The topological polar surface area (TPSA) is 38.0 Å². The van der Waals surface area contributed by atoms with E-state index in [1.807, 2.05) is 0 Å². The van der Waals surface area contributed by atoms with Gasteiger partial charge in [-0.2, -0.15) is 0 Å². The molecule has 0 saturated carbocycles. The van der Waals surface area contributed by atoms with Gasteiger partial charge in [0.2, 0.25) is 0 Å². The van der Waals surface area contributed by atoms with Gasteiger partial charge >= 0.3 is 0 Å². The van der Waals surface area contributed by atoms with E-state index in [4.69, 9.17) is 5.73 Å². The van der Waals surface area contributed by atoms with E-state index in [0.29, 0.717) is 6.04 Å². The highest BCUT2D eigenvalue weighted by Gasteiger charge is 2.16. The highest BCUT2D eigenvalue weighted by molar-refractivity contribution is 5.94. The zero-order valence-electron chi connectivity index (χ0n) is 23.3. The molecule has 0 aromatic heterocycles. The van der Waals surface area contributed by atoms with Gasteiger partial charge in [0.05, 0.1) is 0 Å². The molecule has 2 nitrogen and oxygen atoms in total. The number of benzene rings is 3. The fourth-order valence-electron chi connectivity index (χ4n) is 5.28. The maximum absolute atomic E-state index is 6.70. The Morgan fingerprint density at radius 2 is 1.50 bits per heavy atom. The van der Waals surface area contributed by atoms with Gasteiger partial charge in [-0.05, 0) is 89.4 Å². The number of aryl methyl sites for hydroxylation is 2. The summed E-state index contributed by atoms with van der Waals surface area (Å²) in [6.45, 7) is 19.7. The number of nitrogens with two attached hydrogens (primary N) is 1. The molecule has 0 unspecified atom stereocenters. The Balaban J connectivity index is 2.05. The first kappa shape index (κ1) is 27.6. The molecule has 3 aromatic rings. The SMILES string of the molecule is C=C(NC(CCCC)CCCC)c1cc(-c2ccc3ccc(C(=C)C)c(CC)c3c2)cc(CC)c1N. The minimum absolute atomic E-state index is 0.443. The van der Waals surface area contributed by atoms with Crippen molar-refractivity contribution in [2.24, 2.45) is 0 Å². The van der Waals surface area contributed by atoms with Crippen LogP contribution >= 0.6 is 0 Å². The fourth-order valence-corrected chi connectivity index (χ4v) is 5.28. The highest BCUT2D eigenvalue weighted by Crippen LogP contribution is 2.35. The van der Waals surface area contributed by atoms with Crippen LogP contribution in [0.15, 0.2) is 55.6 Å². The summed E-state index contributed by atoms with van der Waals surface area (Å²) in [6.07, 6.45) is 9.10. The molecule has 2 heteroatoms. The average Bonchev–Trinajstić information content (AvgIpc) is 2.88. The number of hydrogen-bond donors (Lipinski definition) is 2. The molecule has 0 atom stereocenters. The van der Waals surface area contributed by atoms with Crippen LogP contribution in [0.3, 0.4) is 0 Å². The molecule has 3 N–H and O–H groups in total. The van der Waals surface area contributed by atoms with Crippen LogP contribution in [0.5, 0.6) is 0 Å². The molecule has 3 rings (SSSR count). The van der Waals surface area contributed by atoms with Crippen LogP contribution < -0.4 is 11.1 Å². The van der Waals surface area contributed by atoms with Crippen molar-refractivity contribution in [3.63, 3.8) is 0 Å². The molecule has 0 aliphatic rings. The molecule has 0 heterocycles. The second kappa shape index (κ2) is 12.8. The number of nitrogens with one attached hydrogen (secondary N) is 1. The Kier molecular flexibility index (Phi) is 9.81. The maximum atomic E-state index is 6.70. The molecule has 0 fully saturated rings. The summed E-state index contributed by atoms with van der Waals surface area (Å²) in [5, 5.41) is 6.34. The second-order valence-electron chi connectivity index (χ2n) is 10.2. The molecule has 0 amide bonds. The minimum Gasteiger partial charge on any atom is -0.398 e. The smallest absolute Gasteiger partial charge is 0.0441 e. The zero-order valence-corrected chi connectivity index (χ0v) is 23.3. The molecule has 0 spiro atoms. The van der Waals surface area contributed by atoms with Gasteiger partial charge in [0.25, 0.3) is 0 Å². The van der Waals surface area contributed by atoms with E-state index in [1.165, 1.54) is 77.1 Å². The molecule has 0 radical (unpaired) electrons. The van der Waals surface area contributed by atoms with E-state index >= 15 is 0 Å². The third-order valence-corrected chi connectivity index (χ3v) is 7.44. The standard InChI is InChI=1S/C34H46N2/c1-8-12-14-29(15-13-9-2)36-24(7)32-22-28(20-25(10-3)34(32)35)27-17-16-26-18-19-31(23(5)6)30(11-4)33(26)21-27/h16-22,29,36H,5,7-15,35H2,1-4,6H3. The van der Waals surface area contributed by atoms with Crippen LogP contribution in [0.1, 0.15) is 95.4 Å². The summed E-state index contributed by atoms with van der Waals surface area (Å²) in [6, 6.07) is 16.2. The Labute approximate surface area is 219 Å². The molecular formula is C34H46N2. The molecule has 3 aromatic carbocycles. The van der Waals surface area contributed by atoms with Crippen molar-refractivity contribution >= 4 is 27.7 Å². The molecular weight excluding hydrogens is 436 g/mol. The Bertz CT molecular complexity index is 1210. The van der Waals surface area contributed by atoms with Gasteiger partial charge < -0.3 is 11.1 Å². The van der Waals surface area contributed by atoms with Crippen molar-refractivity contribution in [3.8, 4) is 11.1 Å². The van der Waals surface area contributed by atoms with Crippen LogP contribution in [-0.4, -0.2) is 6.04 Å². The number of anilines is 1. The van der Waals surface area contributed by atoms with E-state index in [-0.39, 0.29) is 0 Å². The second-order valence-corrected chi connectivity index (χ2v) is 10.2. The van der Waals surface area contributed by atoms with E-state index < -0.39 is 0 Å². The lowest BCUT2D eigenvalue weighted by Crippen LogP contribution is -2.27. The third-order valence-electron chi connectivity index (χ3n) is 7.44. The van der Waals surface area contributed by atoms with Crippen LogP contribution in [0, 0.1) is 0 Å². The van der Waals surface area contributed by atoms with Crippen LogP contribution in [0.25, 0.3) is 33.2 Å². The molecule has 0 bridgehead atoms. The minimum atomic E-state index is 0.443. The quantitative estimate of drug-likeness (QED) is 0.238. The predicted molar refractivity (Wildman–Crippen MR) is 162 cm³/mol. The summed E-state index contributed by atoms with van der Waals surface area (Å²) in [5.41, 5.74) is 16.9. The number of hydrogen-bond acceptors (Lipinski definition) is 2. The molecule has 36 heavy (non-hydrogen) atoms. The first-order valence-corrected chi connectivity index (χ1v) is 13.9. The monoisotopic (exact) mass is 482 g/mol. The van der Waals surface area contributed by atoms with Gasteiger partial charge in [0.15, 0.2) is 0 Å². The fraction of sp³-hybridized carbons (Fsp3) is 0.412. The Morgan fingerprint density at radius 3 is 2.08 bits per heavy atom. The zero-order chi connectivity index (χ0) is 26.2. The summed E-state index contributed by atoms with van der Waals surface area (Å²) in [7, 11) is 0. The first-order valence-electron chi connectivity index (χ1n) is 13.9. The number of rotatable bonds is 13. The van der Waals surface area contributed by atoms with Gasteiger partial charge in [-0.3, -0.25) is 0 Å². The van der Waals surface area contributed by atoms with Gasteiger partial charge in [-0.25, -0.2) is 0 Å². The lowest BCUT2D eigenvalue weighted by Gasteiger charge is -2.23. The average molecular weight is 483 g/mol. The summed E-state index contributed by atoms with van der Waals surface area (Å²) in [4.78, 5) is 0. The van der Waals surface area contributed by atoms with E-state index in [9.17, 15) is 0 Å². The van der Waals surface area contributed by atoms with E-state index in [2.05, 4.69) is 95.6 Å². The lowest BCUT2D eigenvalue weighted by molar-refractivity contribution is 0.476. The van der Waals surface area contributed by atoms with Gasteiger partial charge in [-0.15, -0.1) is 0 Å². The van der Waals surface area contributed by atoms with Gasteiger partial charge in [-0.1, -0.05) is 96.4 Å². The highest BCUT2D eigenvalue weighted by atomic mass is 14.9. The first-order chi connectivity index (χ1) is 17.3. The Morgan fingerprint density at radius 1 is 0.833 bits per heavy atom. The number of nitrogen functional groups attached to an aromatic ring is 1. The van der Waals surface area contributed by atoms with Crippen LogP contribution in [0.4, 0.5) is 5.69 Å². The van der Waals surface area contributed by atoms with Crippen molar-refractivity contribution in [2.75, 3.05) is 5.73 Å². The van der Waals surface area contributed by atoms with Crippen molar-refractivity contribution < 1.29 is 0 Å². The summed E-state index contributed by atoms with van der Waals surface area (Å²) in [5.74, 6) is 0. The van der Waals surface area contributed by atoms with E-state index in [0.717, 1.165) is 35.4 Å². The van der Waals surface area contributed by atoms with Crippen LogP contribution in [0.2, 0.25) is 0 Å². The molecule has 0 aliphatic carbocycles. The van der Waals surface area contributed by atoms with Crippen molar-refractivity contribution in [3.05, 3.63) is 77.9 Å². The van der Waals surface area contributed by atoms with Crippen LogP contribution in [-0.2, 0) is 12.8 Å². The lowest BCUT2D eigenvalue weighted by atomic mass is 9.90. The molecule has 0 aliphatic heterocycles. The van der Waals surface area contributed by atoms with Crippen molar-refractivity contribution in [1.29, 1.82) is 0 Å². The number of unbranched alkanes of at least 4 members (excludes halogenated alkanes) is 2. The van der Waals surface area contributed by atoms with Crippen molar-refractivity contribution in [1.82, 2.24) is 5.32 Å². The number of allylic oxidation sites excluding steroid dienone is 1. The largest absolute Gasteiger partial charge is 0.398 e. The summed E-state index contributed by atoms with van der Waals surface area (Å²) < 4.78 is 0. The normalized spacial score (nSPS) is 11.3. The third kappa shape index (κ3) is 6.22. The Hall–Kier alpha value is -3.00. The molecule has 0 saturated heterocycles. The summed E-state index contributed by atoms with van der Waals surface area (Å²) >= 11 is 0. The maximum Gasteiger partial charge on any atom is 0.0441 e. The van der Waals surface area contributed by atoms with Gasteiger partial charge in [0.1, 0.15) is 0 Å². The van der Waals surface area contributed by atoms with Gasteiger partial charge in [0, 0.05) is 23.0 Å². The van der Waals surface area contributed by atoms with E-state index in [1.54, 1.807) is 0 Å². The predicted octanol–water partition coefficient (Wildman–Crippen LogP) is 9.56.